The highest BCUT2D eigenvalue weighted by atomic mass is 15.4. The van der Waals surface area contributed by atoms with Crippen molar-refractivity contribution >= 4 is 0 Å². The zero-order valence-corrected chi connectivity index (χ0v) is 8.85. The third kappa shape index (κ3) is 1.87. The molecule has 2 heterocycles. The molecule has 2 fully saturated rings. The summed E-state index contributed by atoms with van der Waals surface area (Å²) in [6, 6.07) is 1.29. The normalized spacial score (nSPS) is 40.4. The van der Waals surface area contributed by atoms with E-state index in [9.17, 15) is 0 Å². The van der Waals surface area contributed by atoms with Crippen LogP contribution in [0.25, 0.3) is 0 Å². The minimum absolute atomic E-state index is 0.433. The minimum atomic E-state index is 0.433. The molecule has 0 aromatic rings. The molecule has 0 spiro atoms. The maximum Gasteiger partial charge on any atom is 0.0382 e. The van der Waals surface area contributed by atoms with Gasteiger partial charge in [0.05, 0.1) is 0 Å². The van der Waals surface area contributed by atoms with Gasteiger partial charge in [-0.2, -0.15) is 0 Å². The third-order valence-corrected chi connectivity index (χ3v) is 3.48. The van der Waals surface area contributed by atoms with Crippen LogP contribution in [0.3, 0.4) is 0 Å². The molecule has 0 aliphatic carbocycles. The molecule has 3 heteroatoms. The summed E-state index contributed by atoms with van der Waals surface area (Å²) in [5.74, 6) is 0.793. The van der Waals surface area contributed by atoms with E-state index in [1.54, 1.807) is 0 Å². The molecule has 0 saturated carbocycles. The van der Waals surface area contributed by atoms with E-state index in [2.05, 4.69) is 36.9 Å². The summed E-state index contributed by atoms with van der Waals surface area (Å²) >= 11 is 0. The van der Waals surface area contributed by atoms with Gasteiger partial charge in [0.15, 0.2) is 0 Å². The Kier molecular flexibility index (Phi) is 2.34. The average Bonchev–Trinajstić information content (AvgIpc) is 2.47. The average molecular weight is 183 g/mol. The molecular formula is C10H21N3. The number of piperidine rings is 1. The molecule has 2 rings (SSSR count). The van der Waals surface area contributed by atoms with Crippen molar-refractivity contribution in [3.8, 4) is 0 Å². The first kappa shape index (κ1) is 9.44. The lowest BCUT2D eigenvalue weighted by Crippen LogP contribution is -2.52. The third-order valence-electron chi connectivity index (χ3n) is 3.48. The van der Waals surface area contributed by atoms with Crippen molar-refractivity contribution in [2.45, 2.75) is 39.3 Å². The monoisotopic (exact) mass is 183 g/mol. The van der Waals surface area contributed by atoms with Gasteiger partial charge in [-0.15, -0.1) is 0 Å². The van der Waals surface area contributed by atoms with E-state index in [1.165, 1.54) is 13.0 Å². The Morgan fingerprint density at radius 3 is 2.54 bits per heavy atom. The Hall–Kier alpha value is -0.120. The molecule has 2 aliphatic rings. The molecule has 0 amide bonds. The summed E-state index contributed by atoms with van der Waals surface area (Å²) < 4.78 is 0. The predicted octanol–water partition coefficient (Wildman–Crippen LogP) is 0.487. The molecular weight excluding hydrogens is 162 g/mol. The minimum Gasteiger partial charge on any atom is -0.311 e. The van der Waals surface area contributed by atoms with Crippen molar-refractivity contribution < 1.29 is 0 Å². The fourth-order valence-electron chi connectivity index (χ4n) is 2.32. The maximum atomic E-state index is 3.61. The van der Waals surface area contributed by atoms with E-state index < -0.39 is 0 Å². The van der Waals surface area contributed by atoms with Gasteiger partial charge in [-0.3, -0.25) is 10.9 Å². The Balaban J connectivity index is 1.97. The number of hydrogen-bond donors (Lipinski definition) is 3. The molecule has 0 bridgehead atoms. The Labute approximate surface area is 80.6 Å². The molecule has 0 aromatic heterocycles. The van der Waals surface area contributed by atoms with Gasteiger partial charge >= 0.3 is 0 Å². The van der Waals surface area contributed by atoms with Crippen molar-refractivity contribution in [1.29, 1.82) is 0 Å². The van der Waals surface area contributed by atoms with E-state index in [1.807, 2.05) is 0 Å². The first-order valence-electron chi connectivity index (χ1n) is 5.29. The molecule has 0 aromatic carbocycles. The second kappa shape index (κ2) is 3.23. The topological polar surface area (TPSA) is 36.1 Å². The number of hydrazine groups is 1. The molecule has 2 aliphatic heterocycles. The Morgan fingerprint density at radius 1 is 1.08 bits per heavy atom. The van der Waals surface area contributed by atoms with Crippen LogP contribution in [0.4, 0.5) is 0 Å². The van der Waals surface area contributed by atoms with Crippen LogP contribution in [0.15, 0.2) is 0 Å². The van der Waals surface area contributed by atoms with Gasteiger partial charge in [0.25, 0.3) is 0 Å². The van der Waals surface area contributed by atoms with Gasteiger partial charge in [-0.05, 0) is 24.3 Å². The summed E-state index contributed by atoms with van der Waals surface area (Å²) in [5.41, 5.74) is 7.00. The summed E-state index contributed by atoms with van der Waals surface area (Å²) in [6.07, 6.45) is 1.30. The first-order valence-corrected chi connectivity index (χ1v) is 5.29. The second-order valence-electron chi connectivity index (χ2n) is 5.45. The van der Waals surface area contributed by atoms with E-state index >= 15 is 0 Å². The number of rotatable bonds is 0. The van der Waals surface area contributed by atoms with Crippen LogP contribution in [0.1, 0.15) is 27.2 Å². The predicted molar refractivity (Wildman–Crippen MR) is 54.3 cm³/mol. The number of hydrogen-bond acceptors (Lipinski definition) is 3. The number of nitrogens with one attached hydrogen (secondary N) is 3. The summed E-state index contributed by atoms with van der Waals surface area (Å²) in [5, 5.41) is 3.61. The van der Waals surface area contributed by atoms with Crippen LogP contribution in [0.5, 0.6) is 0 Å². The fraction of sp³-hybridized carbons (Fsp3) is 1.00. The molecule has 3 unspecified atom stereocenters. The summed E-state index contributed by atoms with van der Waals surface area (Å²) in [6.45, 7) is 9.25. The first-order chi connectivity index (χ1) is 6.07. The molecule has 3 N–H and O–H groups in total. The quantitative estimate of drug-likeness (QED) is 0.511. The lowest BCUT2D eigenvalue weighted by molar-refractivity contribution is 0.159. The van der Waals surface area contributed by atoms with Crippen LogP contribution in [0, 0.1) is 11.3 Å². The van der Waals surface area contributed by atoms with Gasteiger partial charge in [0.1, 0.15) is 0 Å². The van der Waals surface area contributed by atoms with Crippen LogP contribution >= 0.6 is 0 Å². The molecule has 3 atom stereocenters. The zero-order chi connectivity index (χ0) is 9.47. The zero-order valence-electron chi connectivity index (χ0n) is 8.85. The molecule has 13 heavy (non-hydrogen) atoms. The van der Waals surface area contributed by atoms with Gasteiger partial charge in [0.2, 0.25) is 0 Å². The Bertz CT molecular complexity index is 185. The lowest BCUT2D eigenvalue weighted by atomic mass is 9.74. The standard InChI is InChI=1S/C10H21N3/c1-10(2,3)7-4-8-9(11-5-7)6-12-13-8/h7-9,11-13H,4-6H2,1-3H3. The van der Waals surface area contributed by atoms with Crippen molar-refractivity contribution in [2.24, 2.45) is 11.3 Å². The van der Waals surface area contributed by atoms with Crippen molar-refractivity contribution in [3.05, 3.63) is 0 Å². The second-order valence-corrected chi connectivity index (χ2v) is 5.45. The van der Waals surface area contributed by atoms with Crippen molar-refractivity contribution in [1.82, 2.24) is 16.2 Å². The van der Waals surface area contributed by atoms with E-state index in [4.69, 9.17) is 0 Å². The lowest BCUT2D eigenvalue weighted by Gasteiger charge is -2.39. The number of fused-ring (bicyclic) bond motifs is 1. The maximum absolute atomic E-state index is 3.61. The van der Waals surface area contributed by atoms with Gasteiger partial charge in [0, 0.05) is 18.6 Å². The molecule has 0 radical (unpaired) electrons. The highest BCUT2D eigenvalue weighted by molar-refractivity contribution is 4.96. The van der Waals surface area contributed by atoms with E-state index in [-0.39, 0.29) is 0 Å². The highest BCUT2D eigenvalue weighted by Gasteiger charge is 2.37. The molecule has 76 valence electrons. The van der Waals surface area contributed by atoms with E-state index in [0.717, 1.165) is 12.5 Å². The summed E-state index contributed by atoms with van der Waals surface area (Å²) in [4.78, 5) is 0. The van der Waals surface area contributed by atoms with Gasteiger partial charge < -0.3 is 5.32 Å². The van der Waals surface area contributed by atoms with Gasteiger partial charge in [-0.25, -0.2) is 0 Å². The molecule has 3 nitrogen and oxygen atoms in total. The van der Waals surface area contributed by atoms with Crippen LogP contribution in [-0.4, -0.2) is 25.2 Å². The smallest absolute Gasteiger partial charge is 0.0382 e. The Morgan fingerprint density at radius 2 is 1.85 bits per heavy atom. The highest BCUT2D eigenvalue weighted by Crippen LogP contribution is 2.32. The van der Waals surface area contributed by atoms with Crippen LogP contribution < -0.4 is 16.2 Å². The van der Waals surface area contributed by atoms with Crippen LogP contribution in [0.2, 0.25) is 0 Å². The summed E-state index contributed by atoms with van der Waals surface area (Å²) in [7, 11) is 0. The fourth-order valence-corrected chi connectivity index (χ4v) is 2.32. The largest absolute Gasteiger partial charge is 0.311 e. The van der Waals surface area contributed by atoms with E-state index in [0.29, 0.717) is 17.5 Å². The SMILES string of the molecule is CC(C)(C)C1CNC2CNNC2C1. The van der Waals surface area contributed by atoms with Crippen molar-refractivity contribution in [3.63, 3.8) is 0 Å². The van der Waals surface area contributed by atoms with Gasteiger partial charge in [-0.1, -0.05) is 20.8 Å². The van der Waals surface area contributed by atoms with Crippen molar-refractivity contribution in [2.75, 3.05) is 13.1 Å². The van der Waals surface area contributed by atoms with Crippen LogP contribution in [-0.2, 0) is 0 Å². The molecule has 2 saturated heterocycles.